The van der Waals surface area contributed by atoms with Crippen molar-refractivity contribution in [1.82, 2.24) is 4.90 Å². The second-order valence-corrected chi connectivity index (χ2v) is 11.3. The fourth-order valence-electron chi connectivity index (χ4n) is 7.43. The van der Waals surface area contributed by atoms with Crippen molar-refractivity contribution in [3.8, 4) is 0 Å². The van der Waals surface area contributed by atoms with Gasteiger partial charge in [0.15, 0.2) is 5.78 Å². The van der Waals surface area contributed by atoms with Crippen LogP contribution in [0, 0.1) is 5.92 Å². The minimum atomic E-state index is -1.55. The Bertz CT molecular complexity index is 1560. The molecule has 9 heteroatoms. The molecule has 2 fully saturated rings. The van der Waals surface area contributed by atoms with Crippen LogP contribution in [0.25, 0.3) is 0 Å². The lowest BCUT2D eigenvalue weighted by atomic mass is 9.57. The second kappa shape index (κ2) is 7.81. The van der Waals surface area contributed by atoms with Crippen LogP contribution < -0.4 is 10.6 Å². The van der Waals surface area contributed by atoms with Crippen LogP contribution >= 0.6 is 34.8 Å². The summed E-state index contributed by atoms with van der Waals surface area (Å²) in [5.74, 6) is -1.90. The van der Waals surface area contributed by atoms with E-state index in [0.717, 1.165) is 6.42 Å². The van der Waals surface area contributed by atoms with Crippen molar-refractivity contribution in [2.75, 3.05) is 17.2 Å². The Labute approximate surface area is 227 Å². The van der Waals surface area contributed by atoms with Crippen LogP contribution in [0.2, 0.25) is 15.1 Å². The Balaban J connectivity index is 1.60. The zero-order valence-electron chi connectivity index (χ0n) is 19.4. The van der Waals surface area contributed by atoms with Gasteiger partial charge in [-0.15, -0.1) is 0 Å². The van der Waals surface area contributed by atoms with Crippen LogP contribution in [0.1, 0.15) is 34.3 Å². The van der Waals surface area contributed by atoms with Crippen molar-refractivity contribution < 1.29 is 14.4 Å². The van der Waals surface area contributed by atoms with Crippen molar-refractivity contribution >= 4 is 63.8 Å². The van der Waals surface area contributed by atoms with Gasteiger partial charge < -0.3 is 10.6 Å². The summed E-state index contributed by atoms with van der Waals surface area (Å²) in [6, 6.07) is 17.0. The maximum Gasteiger partial charge on any atom is 0.251 e. The molecular formula is C28H20Cl3N3O3. The van der Waals surface area contributed by atoms with Gasteiger partial charge in [0.25, 0.3) is 5.91 Å². The van der Waals surface area contributed by atoms with E-state index in [0.29, 0.717) is 45.5 Å². The number of para-hydroxylation sites is 2. The molecule has 4 heterocycles. The molecule has 0 aromatic heterocycles. The minimum Gasteiger partial charge on any atom is -0.325 e. The predicted molar refractivity (Wildman–Crippen MR) is 143 cm³/mol. The molecule has 37 heavy (non-hydrogen) atoms. The van der Waals surface area contributed by atoms with Crippen LogP contribution in [0.3, 0.4) is 0 Å². The van der Waals surface area contributed by atoms with Gasteiger partial charge in [-0.2, -0.15) is 0 Å². The molecule has 2 amide bonds. The fraction of sp³-hybridized carbons (Fsp3) is 0.250. The molecule has 6 nitrogen and oxygen atoms in total. The average molecular weight is 553 g/mol. The van der Waals surface area contributed by atoms with Crippen LogP contribution in [0.4, 0.5) is 11.4 Å². The first-order valence-corrected chi connectivity index (χ1v) is 13.2. The standard InChI is InChI=1S/C28H20Cl3N3O3/c29-14-10-11-15(19(31)13-14)24(35)22-21-9-4-12-34(21)28(17-6-3-7-18(30)23(17)33-26(28)37)27(22)16-5-1-2-8-20(16)32-25(27)36/h1-3,5-8,10-11,13,21-22H,4,9,12H2,(H,32,36)(H,33,37)/t21-,22+,27-,28+/m0/s1. The fourth-order valence-corrected chi connectivity index (χ4v) is 8.15. The third-order valence-electron chi connectivity index (χ3n) is 8.56. The van der Waals surface area contributed by atoms with Crippen molar-refractivity contribution in [3.05, 3.63) is 92.4 Å². The highest BCUT2D eigenvalue weighted by molar-refractivity contribution is 6.37. The molecule has 0 unspecified atom stereocenters. The van der Waals surface area contributed by atoms with E-state index in [1.54, 1.807) is 24.3 Å². The van der Waals surface area contributed by atoms with Crippen molar-refractivity contribution in [1.29, 1.82) is 0 Å². The molecule has 7 rings (SSSR count). The van der Waals surface area contributed by atoms with Gasteiger partial charge in [0.1, 0.15) is 11.0 Å². The van der Waals surface area contributed by atoms with E-state index in [2.05, 4.69) is 15.5 Å². The molecule has 0 saturated carbocycles. The zero-order chi connectivity index (χ0) is 25.7. The number of anilines is 2. The number of halogens is 3. The Morgan fingerprint density at radius 3 is 2.49 bits per heavy atom. The van der Waals surface area contributed by atoms with Crippen LogP contribution in [-0.2, 0) is 20.5 Å². The van der Waals surface area contributed by atoms with Crippen molar-refractivity contribution in [3.63, 3.8) is 0 Å². The number of hydrogen-bond acceptors (Lipinski definition) is 4. The summed E-state index contributed by atoms with van der Waals surface area (Å²) in [6.45, 7) is 0.555. The van der Waals surface area contributed by atoms with Gasteiger partial charge in [-0.3, -0.25) is 19.3 Å². The molecule has 186 valence electrons. The molecule has 3 aromatic carbocycles. The first kappa shape index (κ1) is 23.2. The number of amides is 2. The van der Waals surface area contributed by atoms with E-state index in [4.69, 9.17) is 34.8 Å². The lowest BCUT2D eigenvalue weighted by Crippen LogP contribution is -2.62. The summed E-state index contributed by atoms with van der Waals surface area (Å²) < 4.78 is 0. The number of carbonyl (C=O) groups excluding carboxylic acids is 3. The molecule has 0 aliphatic carbocycles. The highest BCUT2D eigenvalue weighted by atomic mass is 35.5. The first-order chi connectivity index (χ1) is 17.8. The summed E-state index contributed by atoms with van der Waals surface area (Å²) in [7, 11) is 0. The summed E-state index contributed by atoms with van der Waals surface area (Å²) in [6.07, 6.45) is 1.44. The SMILES string of the molecule is O=C(c1ccc(Cl)cc1Cl)[C@H]1[C@@H]2CCCN2[C@]2(C(=O)Nc3c(Cl)cccc32)[C@]12C(=O)Nc1ccccc12. The number of hydrogen-bond donors (Lipinski definition) is 2. The maximum atomic E-state index is 14.6. The molecule has 4 aliphatic rings. The summed E-state index contributed by atoms with van der Waals surface area (Å²) in [5, 5.41) is 7.00. The molecule has 4 atom stereocenters. The van der Waals surface area contributed by atoms with Crippen LogP contribution in [-0.4, -0.2) is 35.1 Å². The summed E-state index contributed by atoms with van der Waals surface area (Å²) >= 11 is 19.3. The van der Waals surface area contributed by atoms with Crippen molar-refractivity contribution in [2.24, 2.45) is 5.92 Å². The van der Waals surface area contributed by atoms with E-state index in [-0.39, 0.29) is 34.2 Å². The van der Waals surface area contributed by atoms with Crippen LogP contribution in [0.5, 0.6) is 0 Å². The van der Waals surface area contributed by atoms with Gasteiger partial charge >= 0.3 is 0 Å². The lowest BCUT2D eigenvalue weighted by molar-refractivity contribution is -0.137. The van der Waals surface area contributed by atoms with E-state index < -0.39 is 16.9 Å². The molecule has 0 radical (unpaired) electrons. The Kier molecular flexibility index (Phi) is 4.90. The molecule has 2 saturated heterocycles. The summed E-state index contributed by atoms with van der Waals surface area (Å²) in [4.78, 5) is 45.4. The van der Waals surface area contributed by atoms with Gasteiger partial charge in [0.2, 0.25) is 5.91 Å². The lowest BCUT2D eigenvalue weighted by Gasteiger charge is -2.43. The van der Waals surface area contributed by atoms with E-state index in [1.807, 2.05) is 30.3 Å². The molecule has 2 spiro atoms. The van der Waals surface area contributed by atoms with Gasteiger partial charge in [-0.1, -0.05) is 65.1 Å². The highest BCUT2D eigenvalue weighted by Crippen LogP contribution is 2.68. The first-order valence-electron chi connectivity index (χ1n) is 12.1. The second-order valence-electron chi connectivity index (χ2n) is 10.0. The van der Waals surface area contributed by atoms with Gasteiger partial charge in [0.05, 0.1) is 21.7 Å². The maximum absolute atomic E-state index is 14.6. The van der Waals surface area contributed by atoms with Gasteiger partial charge in [-0.25, -0.2) is 0 Å². The monoisotopic (exact) mass is 551 g/mol. The number of ketones is 1. The Hall–Kier alpha value is -2.90. The van der Waals surface area contributed by atoms with E-state index in [9.17, 15) is 14.4 Å². The third-order valence-corrected chi connectivity index (χ3v) is 9.42. The van der Waals surface area contributed by atoms with E-state index >= 15 is 0 Å². The molecule has 2 N–H and O–H groups in total. The number of nitrogens with zero attached hydrogens (tertiary/aromatic N) is 1. The molecule has 3 aromatic rings. The quantitative estimate of drug-likeness (QED) is 0.402. The summed E-state index contributed by atoms with van der Waals surface area (Å²) in [5.41, 5.74) is -0.423. The van der Waals surface area contributed by atoms with E-state index in [1.165, 1.54) is 6.07 Å². The average Bonchev–Trinajstić information content (AvgIpc) is 3.58. The topological polar surface area (TPSA) is 78.5 Å². The Morgan fingerprint density at radius 2 is 1.68 bits per heavy atom. The number of Topliss-reactive ketones (excluding diaryl/α,β-unsaturated/α-hetero) is 1. The number of nitrogens with one attached hydrogen (secondary N) is 2. The number of rotatable bonds is 2. The van der Waals surface area contributed by atoms with Crippen molar-refractivity contribution in [2.45, 2.75) is 29.8 Å². The Morgan fingerprint density at radius 1 is 0.892 bits per heavy atom. The predicted octanol–water partition coefficient (Wildman–Crippen LogP) is 5.66. The smallest absolute Gasteiger partial charge is 0.251 e. The number of carbonyl (C=O) groups is 3. The number of fused-ring (bicyclic) bond motifs is 7. The largest absolute Gasteiger partial charge is 0.325 e. The molecule has 4 aliphatic heterocycles. The van der Waals surface area contributed by atoms with Gasteiger partial charge in [0, 0.05) is 27.9 Å². The third kappa shape index (κ3) is 2.64. The number of benzene rings is 3. The minimum absolute atomic E-state index is 0.212. The zero-order valence-corrected chi connectivity index (χ0v) is 21.6. The van der Waals surface area contributed by atoms with Gasteiger partial charge in [-0.05, 0) is 55.3 Å². The molecular weight excluding hydrogens is 533 g/mol. The molecule has 0 bridgehead atoms. The normalized spacial score (nSPS) is 29.4. The van der Waals surface area contributed by atoms with Crippen LogP contribution in [0.15, 0.2) is 60.7 Å². The highest BCUT2D eigenvalue weighted by Gasteiger charge is 2.81.